The highest BCUT2D eigenvalue weighted by atomic mass is 32.1. The lowest BCUT2D eigenvalue weighted by atomic mass is 9.98. The Morgan fingerprint density at radius 1 is 1.15 bits per heavy atom. The van der Waals surface area contributed by atoms with Gasteiger partial charge in [0.05, 0.1) is 12.2 Å². The van der Waals surface area contributed by atoms with E-state index in [2.05, 4.69) is 5.32 Å². The van der Waals surface area contributed by atoms with Gasteiger partial charge >= 0.3 is 11.9 Å². The Hall–Kier alpha value is -2.15. The molecule has 1 aliphatic rings. The number of ether oxygens (including phenoxy) is 2. The minimum atomic E-state index is -0.560. The van der Waals surface area contributed by atoms with E-state index in [4.69, 9.17) is 9.47 Å². The molecule has 6 nitrogen and oxygen atoms in total. The Morgan fingerprint density at radius 3 is 2.41 bits per heavy atom. The van der Waals surface area contributed by atoms with Gasteiger partial charge in [0.25, 0.3) is 0 Å². The summed E-state index contributed by atoms with van der Waals surface area (Å²) in [5, 5.41) is 3.00. The van der Waals surface area contributed by atoms with E-state index in [0.717, 1.165) is 42.6 Å². The van der Waals surface area contributed by atoms with Gasteiger partial charge in [0.15, 0.2) is 0 Å². The van der Waals surface area contributed by atoms with Crippen LogP contribution < -0.4 is 5.32 Å². The number of carbonyl (C=O) groups is 3. The van der Waals surface area contributed by atoms with Gasteiger partial charge in [0.1, 0.15) is 16.0 Å². The van der Waals surface area contributed by atoms with E-state index in [1.54, 1.807) is 27.7 Å². The van der Waals surface area contributed by atoms with Crippen molar-refractivity contribution in [2.45, 2.75) is 65.9 Å². The molecule has 148 valence electrons. The lowest BCUT2D eigenvalue weighted by Crippen LogP contribution is -2.21. The average Bonchev–Trinajstić information content (AvgIpc) is 2.91. The Labute approximate surface area is 163 Å². The summed E-state index contributed by atoms with van der Waals surface area (Å²) in [7, 11) is 0. The molecule has 0 atom stereocenters. The molecule has 0 radical (unpaired) electrons. The number of esters is 2. The third-order valence-corrected chi connectivity index (χ3v) is 5.48. The SMILES string of the molecule is CCOC(=O)c1c(NC(=O)C=C(C)C)sc(C(=O)OC2CCCCC2)c1C. The molecule has 0 unspecified atom stereocenters. The van der Waals surface area contributed by atoms with Crippen molar-refractivity contribution in [1.29, 1.82) is 0 Å². The molecule has 1 amide bonds. The first-order chi connectivity index (χ1) is 12.8. The van der Waals surface area contributed by atoms with Crippen LogP contribution in [0.4, 0.5) is 5.00 Å². The molecule has 1 N–H and O–H groups in total. The van der Waals surface area contributed by atoms with Crippen molar-refractivity contribution in [2.75, 3.05) is 11.9 Å². The number of nitrogens with one attached hydrogen (secondary N) is 1. The van der Waals surface area contributed by atoms with Crippen LogP contribution in [-0.2, 0) is 14.3 Å². The molecule has 1 aromatic heterocycles. The highest BCUT2D eigenvalue weighted by Gasteiger charge is 2.28. The molecule has 0 bridgehead atoms. The number of rotatable bonds is 6. The van der Waals surface area contributed by atoms with Crippen LogP contribution in [-0.4, -0.2) is 30.6 Å². The van der Waals surface area contributed by atoms with Crippen LogP contribution in [0.3, 0.4) is 0 Å². The number of hydrogen-bond acceptors (Lipinski definition) is 6. The Kier molecular flexibility index (Phi) is 7.59. The van der Waals surface area contributed by atoms with Crippen molar-refractivity contribution in [2.24, 2.45) is 0 Å². The van der Waals surface area contributed by atoms with Crippen LogP contribution >= 0.6 is 11.3 Å². The highest BCUT2D eigenvalue weighted by Crippen LogP contribution is 2.35. The first-order valence-electron chi connectivity index (χ1n) is 9.30. The maximum atomic E-state index is 12.7. The standard InChI is InChI=1S/C20H27NO5S/c1-5-25-19(23)16-13(4)17(20(24)26-14-9-7-6-8-10-14)27-18(16)21-15(22)11-12(2)3/h11,14H,5-10H2,1-4H3,(H,21,22). The number of thiophene rings is 1. The number of amides is 1. The summed E-state index contributed by atoms with van der Waals surface area (Å²) in [6.45, 7) is 7.20. The quantitative estimate of drug-likeness (QED) is 0.563. The minimum absolute atomic E-state index is 0.0810. The van der Waals surface area contributed by atoms with Gasteiger partial charge in [-0.05, 0) is 58.9 Å². The zero-order valence-electron chi connectivity index (χ0n) is 16.3. The van der Waals surface area contributed by atoms with E-state index in [-0.39, 0.29) is 24.2 Å². The second kappa shape index (κ2) is 9.69. The molecule has 1 aromatic rings. The van der Waals surface area contributed by atoms with Gasteiger partial charge in [-0.2, -0.15) is 0 Å². The predicted molar refractivity (Wildman–Crippen MR) is 105 cm³/mol. The maximum absolute atomic E-state index is 12.7. The monoisotopic (exact) mass is 393 g/mol. The van der Waals surface area contributed by atoms with Gasteiger partial charge in [-0.1, -0.05) is 12.0 Å². The number of carbonyl (C=O) groups excluding carboxylic acids is 3. The van der Waals surface area contributed by atoms with E-state index in [9.17, 15) is 14.4 Å². The summed E-state index contributed by atoms with van der Waals surface area (Å²) in [6, 6.07) is 0. The Bertz CT molecular complexity index is 740. The third kappa shape index (κ3) is 5.66. The average molecular weight is 394 g/mol. The predicted octanol–water partition coefficient (Wildman–Crippen LogP) is 4.63. The van der Waals surface area contributed by atoms with E-state index in [0.29, 0.717) is 15.4 Å². The van der Waals surface area contributed by atoms with Gasteiger partial charge in [-0.15, -0.1) is 11.3 Å². The number of allylic oxidation sites excluding steroid dienone is 1. The molecule has 1 saturated carbocycles. The van der Waals surface area contributed by atoms with Crippen molar-refractivity contribution in [3.63, 3.8) is 0 Å². The summed E-state index contributed by atoms with van der Waals surface area (Å²) >= 11 is 1.06. The normalized spacial score (nSPS) is 14.4. The van der Waals surface area contributed by atoms with Gasteiger partial charge in [-0.3, -0.25) is 4.79 Å². The van der Waals surface area contributed by atoms with Crippen molar-refractivity contribution >= 4 is 34.2 Å². The molecule has 0 aliphatic heterocycles. The second-order valence-corrected chi connectivity index (χ2v) is 7.88. The summed E-state index contributed by atoms with van der Waals surface area (Å²) in [6.07, 6.45) is 6.36. The summed E-state index contributed by atoms with van der Waals surface area (Å²) in [5.74, 6) is -1.36. The van der Waals surface area contributed by atoms with Crippen molar-refractivity contribution in [1.82, 2.24) is 0 Å². The Morgan fingerprint density at radius 2 is 1.81 bits per heavy atom. The van der Waals surface area contributed by atoms with Crippen LogP contribution in [0.15, 0.2) is 11.6 Å². The molecule has 0 saturated heterocycles. The van der Waals surface area contributed by atoms with E-state index in [1.807, 2.05) is 0 Å². The van der Waals surface area contributed by atoms with Crippen molar-refractivity contribution in [3.8, 4) is 0 Å². The fourth-order valence-electron chi connectivity index (χ4n) is 3.04. The van der Waals surface area contributed by atoms with Crippen molar-refractivity contribution < 1.29 is 23.9 Å². The molecular formula is C20H27NO5S. The number of anilines is 1. The largest absolute Gasteiger partial charge is 0.462 e. The van der Waals surface area contributed by atoms with Crippen LogP contribution in [0.5, 0.6) is 0 Å². The summed E-state index contributed by atoms with van der Waals surface area (Å²) < 4.78 is 10.7. The Balaban J connectivity index is 2.30. The van der Waals surface area contributed by atoms with Crippen LogP contribution in [0.1, 0.15) is 78.5 Å². The first kappa shape index (κ1) is 21.2. The molecule has 0 spiro atoms. The van der Waals surface area contributed by atoms with Crippen LogP contribution in [0.25, 0.3) is 0 Å². The van der Waals surface area contributed by atoms with Crippen molar-refractivity contribution in [3.05, 3.63) is 27.7 Å². The lowest BCUT2D eigenvalue weighted by molar-refractivity contribution is -0.111. The topological polar surface area (TPSA) is 81.7 Å². The van der Waals surface area contributed by atoms with Gasteiger partial charge < -0.3 is 14.8 Å². The molecule has 1 aliphatic carbocycles. The van der Waals surface area contributed by atoms with Crippen LogP contribution in [0.2, 0.25) is 0 Å². The van der Waals surface area contributed by atoms with E-state index >= 15 is 0 Å². The molecule has 1 heterocycles. The van der Waals surface area contributed by atoms with Gasteiger partial charge in [-0.25, -0.2) is 9.59 Å². The summed E-state index contributed by atoms with van der Waals surface area (Å²) in [5.41, 5.74) is 1.52. The maximum Gasteiger partial charge on any atom is 0.348 e. The zero-order chi connectivity index (χ0) is 20.0. The second-order valence-electron chi connectivity index (χ2n) is 6.86. The first-order valence-corrected chi connectivity index (χ1v) is 10.1. The molecule has 0 aromatic carbocycles. The molecule has 7 heteroatoms. The van der Waals surface area contributed by atoms with Gasteiger partial charge in [0.2, 0.25) is 5.91 Å². The molecule has 1 fully saturated rings. The third-order valence-electron chi connectivity index (χ3n) is 4.29. The van der Waals surface area contributed by atoms with E-state index < -0.39 is 11.9 Å². The lowest BCUT2D eigenvalue weighted by Gasteiger charge is -2.21. The molecule has 27 heavy (non-hydrogen) atoms. The van der Waals surface area contributed by atoms with Gasteiger partial charge in [0, 0.05) is 6.08 Å². The number of hydrogen-bond donors (Lipinski definition) is 1. The molecular weight excluding hydrogens is 366 g/mol. The van der Waals surface area contributed by atoms with Crippen LogP contribution in [0, 0.1) is 6.92 Å². The highest BCUT2D eigenvalue weighted by molar-refractivity contribution is 7.18. The molecule has 2 rings (SSSR count). The zero-order valence-corrected chi connectivity index (χ0v) is 17.2. The van der Waals surface area contributed by atoms with E-state index in [1.165, 1.54) is 12.5 Å². The smallest absolute Gasteiger partial charge is 0.348 e. The fraction of sp³-hybridized carbons (Fsp3) is 0.550. The fourth-order valence-corrected chi connectivity index (χ4v) is 4.12. The minimum Gasteiger partial charge on any atom is -0.462 e. The summed E-state index contributed by atoms with van der Waals surface area (Å²) in [4.78, 5) is 37.5.